The number of hydrogen-bond donors (Lipinski definition) is 4. The number of nitro benzene ring substituents is 1. The number of hydrazine groups is 1. The second-order valence-corrected chi connectivity index (χ2v) is 8.02. The Labute approximate surface area is 209 Å². The first kappa shape index (κ1) is 26.4. The van der Waals surface area contributed by atoms with Gasteiger partial charge in [-0.25, -0.2) is 0 Å². The molecule has 0 spiro atoms. The number of nitrogens with one attached hydrogen (secondary N) is 2. The number of aliphatic hydroxyl groups excluding tert-OH is 2. The Balaban J connectivity index is 1.76. The van der Waals surface area contributed by atoms with E-state index in [9.17, 15) is 20.3 Å². The SMILES string of the molecule is COc1cc(NNc2ccc(C)cc2[N+](=O)[O-])c(C)cc1/N=N/c1ccc(N(CCO)CCO)cc1. The molecule has 0 aliphatic rings. The number of nitrogens with zero attached hydrogens (tertiary/aromatic N) is 4. The molecule has 190 valence electrons. The quantitative estimate of drug-likeness (QED) is 0.159. The number of ether oxygens (including phenoxy) is 1. The Morgan fingerprint density at radius 2 is 1.61 bits per heavy atom. The van der Waals surface area contributed by atoms with Gasteiger partial charge in [0, 0.05) is 30.9 Å². The van der Waals surface area contributed by atoms with Crippen molar-refractivity contribution in [1.29, 1.82) is 0 Å². The number of aryl methyl sites for hydroxylation is 2. The lowest BCUT2D eigenvalue weighted by atomic mass is 10.1. The Morgan fingerprint density at radius 1 is 0.944 bits per heavy atom. The molecule has 0 amide bonds. The summed E-state index contributed by atoms with van der Waals surface area (Å²) in [6.45, 7) is 4.49. The lowest BCUT2D eigenvalue weighted by Gasteiger charge is -2.22. The molecule has 0 aromatic heterocycles. The van der Waals surface area contributed by atoms with E-state index in [2.05, 4.69) is 21.1 Å². The molecule has 3 aromatic carbocycles. The minimum atomic E-state index is -0.433. The number of anilines is 3. The van der Waals surface area contributed by atoms with Crippen LogP contribution < -0.4 is 20.5 Å². The van der Waals surface area contributed by atoms with Crippen molar-refractivity contribution in [2.75, 3.05) is 49.2 Å². The lowest BCUT2D eigenvalue weighted by Crippen LogP contribution is -2.29. The molecule has 0 atom stereocenters. The predicted octanol–water partition coefficient (Wildman–Crippen LogP) is 4.87. The van der Waals surface area contributed by atoms with Crippen LogP contribution in [-0.2, 0) is 0 Å². The highest BCUT2D eigenvalue weighted by molar-refractivity contribution is 5.69. The maximum Gasteiger partial charge on any atom is 0.294 e. The van der Waals surface area contributed by atoms with Crippen molar-refractivity contribution in [2.24, 2.45) is 10.2 Å². The summed E-state index contributed by atoms with van der Waals surface area (Å²) in [5, 5.41) is 38.4. The molecule has 0 heterocycles. The molecule has 0 fully saturated rings. The second-order valence-electron chi connectivity index (χ2n) is 8.02. The molecule has 0 bridgehead atoms. The van der Waals surface area contributed by atoms with E-state index in [0.717, 1.165) is 16.8 Å². The summed E-state index contributed by atoms with van der Waals surface area (Å²) in [6.07, 6.45) is 0. The molecule has 11 heteroatoms. The molecular formula is C25H30N6O5. The van der Waals surface area contributed by atoms with Gasteiger partial charge in [-0.3, -0.25) is 15.5 Å². The van der Waals surface area contributed by atoms with E-state index in [1.54, 1.807) is 43.3 Å². The van der Waals surface area contributed by atoms with E-state index in [1.165, 1.54) is 13.2 Å². The van der Waals surface area contributed by atoms with Crippen LogP contribution in [0.3, 0.4) is 0 Å². The zero-order chi connectivity index (χ0) is 26.1. The average Bonchev–Trinajstić information content (AvgIpc) is 2.87. The van der Waals surface area contributed by atoms with E-state index < -0.39 is 4.92 Å². The molecule has 11 nitrogen and oxygen atoms in total. The Kier molecular flexibility index (Phi) is 9.14. The maximum atomic E-state index is 11.4. The Bertz CT molecular complexity index is 1210. The number of rotatable bonds is 12. The van der Waals surface area contributed by atoms with Crippen LogP contribution >= 0.6 is 0 Å². The van der Waals surface area contributed by atoms with Crippen molar-refractivity contribution in [1.82, 2.24) is 0 Å². The zero-order valence-electron chi connectivity index (χ0n) is 20.4. The fourth-order valence-corrected chi connectivity index (χ4v) is 3.54. The number of benzene rings is 3. The summed E-state index contributed by atoms with van der Waals surface area (Å²) in [7, 11) is 1.53. The van der Waals surface area contributed by atoms with Gasteiger partial charge in [-0.2, -0.15) is 5.11 Å². The highest BCUT2D eigenvalue weighted by Gasteiger charge is 2.14. The predicted molar refractivity (Wildman–Crippen MR) is 140 cm³/mol. The van der Waals surface area contributed by atoms with Crippen LogP contribution in [0.15, 0.2) is 64.8 Å². The van der Waals surface area contributed by atoms with Crippen LogP contribution in [0.4, 0.5) is 34.1 Å². The molecule has 3 aromatic rings. The first-order chi connectivity index (χ1) is 17.4. The third-order valence-corrected chi connectivity index (χ3v) is 5.44. The van der Waals surface area contributed by atoms with Gasteiger partial charge in [0.15, 0.2) is 0 Å². The minimum Gasteiger partial charge on any atom is -0.494 e. The zero-order valence-corrected chi connectivity index (χ0v) is 20.4. The van der Waals surface area contributed by atoms with Crippen molar-refractivity contribution in [2.45, 2.75) is 13.8 Å². The molecule has 0 aliphatic carbocycles. The average molecular weight is 495 g/mol. The van der Waals surface area contributed by atoms with Gasteiger partial charge in [0.2, 0.25) is 0 Å². The summed E-state index contributed by atoms with van der Waals surface area (Å²) in [5.41, 5.74) is 10.5. The van der Waals surface area contributed by atoms with Gasteiger partial charge in [-0.05, 0) is 61.4 Å². The van der Waals surface area contributed by atoms with Crippen molar-refractivity contribution in [3.8, 4) is 5.75 Å². The van der Waals surface area contributed by atoms with Crippen molar-refractivity contribution in [3.05, 3.63) is 75.8 Å². The standard InChI is InChI=1S/C25H30N6O5/c1-17-4-9-21(24(14-17)31(34)35)27-28-22-16-25(36-3)23(15-18(22)2)29-26-19-5-7-20(8-6-19)30(10-12-32)11-13-33/h4-9,14-16,27-28,32-33H,10-13H2,1-3H3/b29-26+. The monoisotopic (exact) mass is 494 g/mol. The highest BCUT2D eigenvalue weighted by Crippen LogP contribution is 2.35. The minimum absolute atomic E-state index is 0.0110. The third kappa shape index (κ3) is 6.68. The van der Waals surface area contributed by atoms with Crippen LogP contribution in [0.1, 0.15) is 11.1 Å². The van der Waals surface area contributed by atoms with Gasteiger partial charge in [0.1, 0.15) is 17.1 Å². The van der Waals surface area contributed by atoms with Gasteiger partial charge in [-0.15, -0.1) is 5.11 Å². The highest BCUT2D eigenvalue weighted by atomic mass is 16.6. The molecule has 0 aliphatic heterocycles. The summed E-state index contributed by atoms with van der Waals surface area (Å²) in [4.78, 5) is 12.8. The van der Waals surface area contributed by atoms with Gasteiger partial charge < -0.3 is 25.3 Å². The van der Waals surface area contributed by atoms with Crippen LogP contribution in [-0.4, -0.2) is 48.5 Å². The Morgan fingerprint density at radius 3 is 2.22 bits per heavy atom. The summed E-state index contributed by atoms with van der Waals surface area (Å²) in [6, 6.07) is 15.8. The fraction of sp³-hybridized carbons (Fsp3) is 0.280. The molecule has 0 saturated heterocycles. The number of nitro groups is 1. The van der Waals surface area contributed by atoms with Crippen molar-refractivity contribution < 1.29 is 19.9 Å². The largest absolute Gasteiger partial charge is 0.494 e. The molecule has 0 radical (unpaired) electrons. The number of aliphatic hydroxyl groups is 2. The third-order valence-electron chi connectivity index (χ3n) is 5.44. The van der Waals surface area contributed by atoms with Crippen LogP contribution in [0, 0.1) is 24.0 Å². The number of methoxy groups -OCH3 is 1. The lowest BCUT2D eigenvalue weighted by molar-refractivity contribution is -0.384. The topological polar surface area (TPSA) is 145 Å². The van der Waals surface area contributed by atoms with E-state index in [0.29, 0.717) is 41.6 Å². The van der Waals surface area contributed by atoms with Gasteiger partial charge in [0.05, 0.1) is 36.6 Å². The summed E-state index contributed by atoms with van der Waals surface area (Å²) >= 11 is 0. The molecule has 36 heavy (non-hydrogen) atoms. The second kappa shape index (κ2) is 12.5. The maximum absolute atomic E-state index is 11.4. The van der Waals surface area contributed by atoms with E-state index >= 15 is 0 Å². The molecule has 3 rings (SSSR count). The molecular weight excluding hydrogens is 464 g/mol. The Hall–Kier alpha value is -4.22. The van der Waals surface area contributed by atoms with Gasteiger partial charge in [-0.1, -0.05) is 6.07 Å². The molecule has 0 saturated carbocycles. The smallest absolute Gasteiger partial charge is 0.294 e. The fourth-order valence-electron chi connectivity index (χ4n) is 3.54. The summed E-state index contributed by atoms with van der Waals surface area (Å²) in [5.74, 6) is 0.473. The van der Waals surface area contributed by atoms with Crippen LogP contribution in [0.2, 0.25) is 0 Å². The molecule has 4 N–H and O–H groups in total. The van der Waals surface area contributed by atoms with Crippen LogP contribution in [0.25, 0.3) is 0 Å². The van der Waals surface area contributed by atoms with E-state index in [-0.39, 0.29) is 18.9 Å². The number of hydrogen-bond acceptors (Lipinski definition) is 10. The van der Waals surface area contributed by atoms with Crippen LogP contribution in [0.5, 0.6) is 5.75 Å². The van der Waals surface area contributed by atoms with Crippen molar-refractivity contribution in [3.63, 3.8) is 0 Å². The van der Waals surface area contributed by atoms with Gasteiger partial charge in [0.25, 0.3) is 5.69 Å². The number of azo groups is 1. The van der Waals surface area contributed by atoms with Crippen molar-refractivity contribution >= 4 is 34.1 Å². The van der Waals surface area contributed by atoms with Gasteiger partial charge >= 0.3 is 0 Å². The first-order valence-corrected chi connectivity index (χ1v) is 11.3. The van der Waals surface area contributed by atoms with E-state index in [1.807, 2.05) is 24.0 Å². The first-order valence-electron chi connectivity index (χ1n) is 11.3. The van der Waals surface area contributed by atoms with E-state index in [4.69, 9.17) is 4.74 Å². The normalized spacial score (nSPS) is 10.9. The molecule has 0 unspecified atom stereocenters. The summed E-state index contributed by atoms with van der Waals surface area (Å²) < 4.78 is 5.48.